The molecule has 4 heteroatoms. The molecule has 0 radical (unpaired) electrons. The van der Waals surface area contributed by atoms with Gasteiger partial charge in [-0.15, -0.1) is 0 Å². The van der Waals surface area contributed by atoms with Crippen molar-refractivity contribution < 1.29 is 5.21 Å². The number of rotatable bonds is 4. The van der Waals surface area contributed by atoms with Crippen LogP contribution in [-0.2, 0) is 0 Å². The van der Waals surface area contributed by atoms with E-state index in [1.807, 2.05) is 5.48 Å². The zero-order chi connectivity index (χ0) is 9.40. The molecule has 0 saturated heterocycles. The average molecular weight is 173 g/mol. The van der Waals surface area contributed by atoms with Gasteiger partial charge >= 0.3 is 0 Å². The first kappa shape index (κ1) is 11.2. The summed E-state index contributed by atoms with van der Waals surface area (Å²) in [6, 6.07) is 0. The zero-order valence-corrected chi connectivity index (χ0v) is 8.09. The minimum absolute atomic E-state index is 0.429. The maximum atomic E-state index is 8.49. The maximum Gasteiger partial charge on any atom is 0.215 e. The molecule has 0 spiro atoms. The summed E-state index contributed by atoms with van der Waals surface area (Å²) < 4.78 is 0. The minimum Gasteiger partial charge on any atom is -0.355 e. The molecule has 72 valence electrons. The van der Waals surface area contributed by atoms with E-state index >= 15 is 0 Å². The molecule has 0 aromatic carbocycles. The van der Waals surface area contributed by atoms with Gasteiger partial charge in [-0.1, -0.05) is 13.8 Å². The van der Waals surface area contributed by atoms with E-state index in [-0.39, 0.29) is 0 Å². The van der Waals surface area contributed by atoms with E-state index in [1.165, 1.54) is 6.42 Å². The molecule has 3 N–H and O–H groups in total. The van der Waals surface area contributed by atoms with Gasteiger partial charge in [0, 0.05) is 13.6 Å². The summed E-state index contributed by atoms with van der Waals surface area (Å²) in [5.41, 5.74) is 1.98. The molecule has 12 heavy (non-hydrogen) atoms. The lowest BCUT2D eigenvalue weighted by atomic mass is 10.1. The predicted octanol–water partition coefficient (Wildman–Crippen LogP) is 0.977. The smallest absolute Gasteiger partial charge is 0.215 e. The number of nitrogens with zero attached hydrogens (tertiary/aromatic N) is 1. The highest BCUT2D eigenvalue weighted by Gasteiger charge is 1.95. The molecular weight excluding hydrogens is 154 g/mol. The Balaban J connectivity index is 3.30. The molecule has 0 aliphatic rings. The van der Waals surface area contributed by atoms with Crippen molar-refractivity contribution in [2.45, 2.75) is 26.7 Å². The van der Waals surface area contributed by atoms with Crippen molar-refractivity contribution in [3.8, 4) is 0 Å². The van der Waals surface area contributed by atoms with Crippen molar-refractivity contribution in [2.75, 3.05) is 13.6 Å². The summed E-state index contributed by atoms with van der Waals surface area (Å²) in [7, 11) is 1.62. The maximum absolute atomic E-state index is 8.49. The fourth-order valence-electron chi connectivity index (χ4n) is 0.886. The van der Waals surface area contributed by atoms with Gasteiger partial charge < -0.3 is 5.32 Å². The summed E-state index contributed by atoms with van der Waals surface area (Å²) in [6.45, 7) is 5.23. The summed E-state index contributed by atoms with van der Waals surface area (Å²) in [6.07, 6.45) is 2.29. The molecule has 0 aliphatic heterocycles. The highest BCUT2D eigenvalue weighted by Crippen LogP contribution is 2.01. The summed E-state index contributed by atoms with van der Waals surface area (Å²) >= 11 is 0. The van der Waals surface area contributed by atoms with Crippen LogP contribution < -0.4 is 10.8 Å². The molecule has 4 nitrogen and oxygen atoms in total. The van der Waals surface area contributed by atoms with Gasteiger partial charge in [0.1, 0.15) is 0 Å². The molecule has 0 aromatic heterocycles. The molecule has 0 atom stereocenters. The minimum atomic E-state index is 0.429. The SMILES string of the molecule is CN=C(NO)NCCCC(C)C. The quantitative estimate of drug-likeness (QED) is 0.257. The number of guanidine groups is 1. The molecular formula is C8H19N3O. The van der Waals surface area contributed by atoms with Gasteiger partial charge in [-0.25, -0.2) is 5.48 Å². The van der Waals surface area contributed by atoms with E-state index in [0.29, 0.717) is 5.96 Å². The summed E-state index contributed by atoms with van der Waals surface area (Å²) in [4.78, 5) is 3.77. The van der Waals surface area contributed by atoms with Gasteiger partial charge in [0.25, 0.3) is 0 Å². The van der Waals surface area contributed by atoms with Gasteiger partial charge in [-0.3, -0.25) is 10.2 Å². The van der Waals surface area contributed by atoms with Gasteiger partial charge in [0.2, 0.25) is 5.96 Å². The average Bonchev–Trinajstić information content (AvgIpc) is 2.04. The van der Waals surface area contributed by atoms with Crippen molar-refractivity contribution in [3.05, 3.63) is 0 Å². The first-order valence-corrected chi connectivity index (χ1v) is 4.31. The second-order valence-electron chi connectivity index (χ2n) is 3.15. The lowest BCUT2D eigenvalue weighted by Gasteiger charge is -2.08. The lowest BCUT2D eigenvalue weighted by molar-refractivity contribution is 0.229. The molecule has 0 amide bonds. The number of nitrogens with one attached hydrogen (secondary N) is 2. The first-order valence-electron chi connectivity index (χ1n) is 4.31. The number of hydrogen-bond donors (Lipinski definition) is 3. The molecule has 0 saturated carbocycles. The van der Waals surface area contributed by atoms with E-state index in [9.17, 15) is 0 Å². The van der Waals surface area contributed by atoms with Crippen LogP contribution in [0, 0.1) is 5.92 Å². The van der Waals surface area contributed by atoms with Crippen LogP contribution in [0.25, 0.3) is 0 Å². The summed E-state index contributed by atoms with van der Waals surface area (Å²) in [5.74, 6) is 1.16. The fraction of sp³-hybridized carbons (Fsp3) is 0.875. The largest absolute Gasteiger partial charge is 0.355 e. The van der Waals surface area contributed by atoms with Crippen LogP contribution >= 0.6 is 0 Å². The van der Waals surface area contributed by atoms with Gasteiger partial charge in [-0.05, 0) is 18.8 Å². The molecule has 0 bridgehead atoms. The van der Waals surface area contributed by atoms with Crippen molar-refractivity contribution in [1.29, 1.82) is 0 Å². The van der Waals surface area contributed by atoms with Crippen LogP contribution in [0.4, 0.5) is 0 Å². The molecule has 0 rings (SSSR count). The van der Waals surface area contributed by atoms with Crippen LogP contribution in [0.1, 0.15) is 26.7 Å². The Hall–Kier alpha value is -0.770. The molecule has 0 heterocycles. The number of hydroxylamine groups is 1. The van der Waals surface area contributed by atoms with Crippen molar-refractivity contribution in [2.24, 2.45) is 10.9 Å². The van der Waals surface area contributed by atoms with Gasteiger partial charge in [-0.2, -0.15) is 0 Å². The highest BCUT2D eigenvalue weighted by molar-refractivity contribution is 5.78. The number of hydrogen-bond acceptors (Lipinski definition) is 2. The second-order valence-corrected chi connectivity index (χ2v) is 3.15. The Bertz CT molecular complexity index is 134. The molecule has 0 aromatic rings. The van der Waals surface area contributed by atoms with Crippen molar-refractivity contribution in [3.63, 3.8) is 0 Å². The van der Waals surface area contributed by atoms with Crippen LogP contribution in [0.5, 0.6) is 0 Å². The highest BCUT2D eigenvalue weighted by atomic mass is 16.5. The lowest BCUT2D eigenvalue weighted by Crippen LogP contribution is -2.35. The van der Waals surface area contributed by atoms with Crippen LogP contribution in [-0.4, -0.2) is 24.8 Å². The molecule has 0 fully saturated rings. The van der Waals surface area contributed by atoms with Crippen LogP contribution in [0.3, 0.4) is 0 Å². The van der Waals surface area contributed by atoms with E-state index < -0.39 is 0 Å². The Labute approximate surface area is 74.0 Å². The van der Waals surface area contributed by atoms with Gasteiger partial charge in [0.15, 0.2) is 0 Å². The normalized spacial score (nSPS) is 11.9. The van der Waals surface area contributed by atoms with E-state index in [1.54, 1.807) is 7.05 Å². The zero-order valence-electron chi connectivity index (χ0n) is 8.09. The molecule has 0 aliphatic carbocycles. The first-order chi connectivity index (χ1) is 5.70. The van der Waals surface area contributed by atoms with Crippen LogP contribution in [0.15, 0.2) is 4.99 Å². The summed E-state index contributed by atoms with van der Waals surface area (Å²) in [5, 5.41) is 11.5. The third-order valence-corrected chi connectivity index (χ3v) is 1.58. The van der Waals surface area contributed by atoms with Crippen molar-refractivity contribution >= 4 is 5.96 Å². The fourth-order valence-corrected chi connectivity index (χ4v) is 0.886. The van der Waals surface area contributed by atoms with E-state index in [2.05, 4.69) is 24.2 Å². The Kier molecular flexibility index (Phi) is 6.47. The van der Waals surface area contributed by atoms with Gasteiger partial charge in [0.05, 0.1) is 0 Å². The predicted molar refractivity (Wildman–Crippen MR) is 50.4 cm³/mol. The Morgan fingerprint density at radius 3 is 2.58 bits per heavy atom. The van der Waals surface area contributed by atoms with Crippen molar-refractivity contribution in [1.82, 2.24) is 10.8 Å². The molecule has 0 unspecified atom stereocenters. The third-order valence-electron chi connectivity index (χ3n) is 1.58. The van der Waals surface area contributed by atoms with E-state index in [0.717, 1.165) is 18.9 Å². The monoisotopic (exact) mass is 173 g/mol. The number of aliphatic imine (C=N–C) groups is 1. The topological polar surface area (TPSA) is 56.7 Å². The second kappa shape index (κ2) is 6.91. The van der Waals surface area contributed by atoms with E-state index in [4.69, 9.17) is 5.21 Å². The standard InChI is InChI=1S/C8H19N3O/c1-7(2)5-4-6-10-8(9-3)11-12/h7,12H,4-6H2,1-3H3,(H2,9,10,11). The van der Waals surface area contributed by atoms with Crippen LogP contribution in [0.2, 0.25) is 0 Å². The third kappa shape index (κ3) is 5.97. The Morgan fingerprint density at radius 1 is 1.50 bits per heavy atom. The Morgan fingerprint density at radius 2 is 2.17 bits per heavy atom.